The highest BCUT2D eigenvalue weighted by molar-refractivity contribution is 7.90. The highest BCUT2D eigenvalue weighted by atomic mass is 32.2. The van der Waals surface area contributed by atoms with Gasteiger partial charge in [-0.15, -0.1) is 0 Å². The molecule has 0 heterocycles. The summed E-state index contributed by atoms with van der Waals surface area (Å²) in [6.07, 6.45) is 0.634. The first-order valence-electron chi connectivity index (χ1n) is 6.59. The van der Waals surface area contributed by atoms with E-state index < -0.39 is 40.3 Å². The van der Waals surface area contributed by atoms with Gasteiger partial charge in [0.1, 0.15) is 0 Å². The minimum Gasteiger partial charge on any atom is -0.426 e. The van der Waals surface area contributed by atoms with Crippen molar-refractivity contribution in [1.82, 2.24) is 9.62 Å². The van der Waals surface area contributed by atoms with Gasteiger partial charge in [-0.2, -0.15) is 0 Å². The highest BCUT2D eigenvalue weighted by Gasteiger charge is 2.32. The normalized spacial score (nSPS) is 13.9. The molecule has 0 aromatic heterocycles. The van der Waals surface area contributed by atoms with Crippen LogP contribution in [0.2, 0.25) is 0 Å². The number of carbonyl (C=O) groups is 1. The van der Waals surface area contributed by atoms with Crippen LogP contribution >= 0.6 is 0 Å². The summed E-state index contributed by atoms with van der Waals surface area (Å²) < 4.78 is 25.0. The molecule has 7 nitrogen and oxygen atoms in total. The summed E-state index contributed by atoms with van der Waals surface area (Å²) >= 11 is 0. The number of hydrogen-bond donors (Lipinski definition) is 3. The lowest BCUT2D eigenvalue weighted by Crippen LogP contribution is -2.52. The van der Waals surface area contributed by atoms with E-state index in [1.165, 1.54) is 32.6 Å². The molecule has 3 N–H and O–H groups in total. The van der Waals surface area contributed by atoms with Gasteiger partial charge in [0.25, 0.3) is 0 Å². The average Bonchev–Trinajstić information content (AvgIpc) is 2.30. The molecular weight excluding hydrogens is 283 g/mol. The van der Waals surface area contributed by atoms with Gasteiger partial charge in [-0.3, -0.25) is 4.79 Å². The summed E-state index contributed by atoms with van der Waals surface area (Å²) in [4.78, 5) is 13.3. The predicted octanol–water partition coefficient (Wildman–Crippen LogP) is -0.657. The second-order valence-corrected chi connectivity index (χ2v) is 8.20. The molecule has 0 aliphatic rings. The molecule has 0 bridgehead atoms. The smallest absolute Gasteiger partial charge is 0.426 e. The number of amides is 1. The molecule has 0 aromatic rings. The van der Waals surface area contributed by atoms with E-state index in [0.717, 1.165) is 0 Å². The fourth-order valence-electron chi connectivity index (χ4n) is 1.43. The third kappa shape index (κ3) is 5.39. The van der Waals surface area contributed by atoms with Crippen molar-refractivity contribution in [1.29, 1.82) is 0 Å². The minimum atomic E-state index is -3.61. The van der Waals surface area contributed by atoms with Crippen LogP contribution in [-0.2, 0) is 14.8 Å². The van der Waals surface area contributed by atoms with E-state index in [2.05, 4.69) is 4.72 Å². The van der Waals surface area contributed by atoms with Crippen LogP contribution in [0.5, 0.6) is 0 Å². The van der Waals surface area contributed by atoms with Gasteiger partial charge >= 0.3 is 7.12 Å². The van der Waals surface area contributed by atoms with Crippen LogP contribution in [0, 0.1) is 0 Å². The van der Waals surface area contributed by atoms with Gasteiger partial charge in [0.15, 0.2) is 0 Å². The number of nitrogens with zero attached hydrogens (tertiary/aromatic N) is 1. The van der Waals surface area contributed by atoms with Gasteiger partial charge in [0, 0.05) is 6.54 Å². The van der Waals surface area contributed by atoms with Crippen LogP contribution in [0.3, 0.4) is 0 Å². The molecule has 0 spiro atoms. The summed E-state index contributed by atoms with van der Waals surface area (Å²) in [5, 5.41) is 18.3. The van der Waals surface area contributed by atoms with E-state index >= 15 is 0 Å². The summed E-state index contributed by atoms with van der Waals surface area (Å²) in [5.74, 6) is -1.28. The van der Waals surface area contributed by atoms with E-state index in [9.17, 15) is 13.2 Å². The lowest BCUT2D eigenvalue weighted by molar-refractivity contribution is -0.131. The lowest BCUT2D eigenvalue weighted by atomic mass is 9.79. The molecule has 0 aromatic carbocycles. The van der Waals surface area contributed by atoms with E-state index in [0.29, 0.717) is 13.0 Å². The fourth-order valence-corrected chi connectivity index (χ4v) is 2.18. The molecule has 0 aliphatic heterocycles. The average molecular weight is 308 g/mol. The molecule has 9 heteroatoms. The predicted molar refractivity (Wildman–Crippen MR) is 78.3 cm³/mol. The molecule has 0 rings (SSSR count). The molecule has 0 radical (unpaired) electrons. The van der Waals surface area contributed by atoms with Crippen LogP contribution in [0.25, 0.3) is 0 Å². The molecule has 0 saturated heterocycles. The first-order valence-corrected chi connectivity index (χ1v) is 8.07. The van der Waals surface area contributed by atoms with Crippen molar-refractivity contribution in [2.75, 3.05) is 13.1 Å². The molecule has 1 atom stereocenters. The number of sulfonamides is 1. The van der Waals surface area contributed by atoms with Crippen molar-refractivity contribution in [3.63, 3.8) is 0 Å². The fraction of sp³-hybridized carbons (Fsp3) is 0.909. The van der Waals surface area contributed by atoms with Gasteiger partial charge < -0.3 is 14.9 Å². The quantitative estimate of drug-likeness (QED) is 0.542. The van der Waals surface area contributed by atoms with Gasteiger partial charge in [-0.25, -0.2) is 13.1 Å². The summed E-state index contributed by atoms with van der Waals surface area (Å²) in [5.41, 5.74) is 0. The zero-order valence-electron chi connectivity index (χ0n) is 12.8. The van der Waals surface area contributed by atoms with Crippen LogP contribution in [-0.4, -0.2) is 60.2 Å². The Morgan fingerprint density at radius 2 is 1.85 bits per heavy atom. The number of carbonyl (C=O) groups excluding carboxylic acids is 1. The van der Waals surface area contributed by atoms with Crippen LogP contribution in [0.15, 0.2) is 0 Å². The minimum absolute atomic E-state index is 0.328. The van der Waals surface area contributed by atoms with E-state index in [1.807, 2.05) is 6.92 Å². The number of nitrogens with one attached hydrogen (secondary N) is 1. The third-order valence-electron chi connectivity index (χ3n) is 2.93. The van der Waals surface area contributed by atoms with E-state index in [1.54, 1.807) is 0 Å². The van der Waals surface area contributed by atoms with Crippen molar-refractivity contribution >= 4 is 23.0 Å². The van der Waals surface area contributed by atoms with Crippen molar-refractivity contribution in [3.05, 3.63) is 0 Å². The Kier molecular flexibility index (Phi) is 7.16. The Balaban J connectivity index is 4.80. The third-order valence-corrected chi connectivity index (χ3v) is 5.06. The number of hydrogen-bond acceptors (Lipinski definition) is 5. The molecular formula is C11H25BN2O5S. The van der Waals surface area contributed by atoms with E-state index in [-0.39, 0.29) is 0 Å². The van der Waals surface area contributed by atoms with Gasteiger partial charge in [0.2, 0.25) is 15.9 Å². The maximum Gasteiger partial charge on any atom is 0.475 e. The Hall–Kier alpha value is -0.635. The van der Waals surface area contributed by atoms with Crippen molar-refractivity contribution < 1.29 is 23.3 Å². The zero-order chi connectivity index (χ0) is 16.1. The Morgan fingerprint density at radius 3 is 2.20 bits per heavy atom. The Morgan fingerprint density at radius 1 is 1.35 bits per heavy atom. The zero-order valence-corrected chi connectivity index (χ0v) is 13.6. The SMILES string of the molecule is CCCN(C(=O)CNS(=O)(=O)C(C)(C)C)C(C)B(O)O. The van der Waals surface area contributed by atoms with Crippen molar-refractivity contribution in [3.8, 4) is 0 Å². The molecule has 20 heavy (non-hydrogen) atoms. The number of rotatable bonds is 7. The maximum atomic E-state index is 12.0. The molecule has 0 fully saturated rings. The highest BCUT2D eigenvalue weighted by Crippen LogP contribution is 2.13. The first-order chi connectivity index (χ1) is 8.94. The summed E-state index contributed by atoms with van der Waals surface area (Å²) in [7, 11) is -5.27. The van der Waals surface area contributed by atoms with Crippen molar-refractivity contribution in [2.45, 2.75) is 51.7 Å². The molecule has 1 unspecified atom stereocenters. The van der Waals surface area contributed by atoms with Crippen LogP contribution in [0.1, 0.15) is 41.0 Å². The van der Waals surface area contributed by atoms with Crippen LogP contribution in [0.4, 0.5) is 0 Å². The lowest BCUT2D eigenvalue weighted by Gasteiger charge is -2.29. The summed E-state index contributed by atoms with van der Waals surface area (Å²) in [6.45, 7) is 7.87. The second kappa shape index (κ2) is 7.40. The Labute approximate surface area is 121 Å². The molecule has 0 saturated carbocycles. The largest absolute Gasteiger partial charge is 0.475 e. The summed E-state index contributed by atoms with van der Waals surface area (Å²) in [6, 6.07) is 0. The molecule has 1 amide bonds. The van der Waals surface area contributed by atoms with E-state index in [4.69, 9.17) is 10.0 Å². The maximum absolute atomic E-state index is 12.0. The van der Waals surface area contributed by atoms with Gasteiger partial charge in [-0.1, -0.05) is 6.92 Å². The van der Waals surface area contributed by atoms with Gasteiger partial charge in [-0.05, 0) is 34.1 Å². The van der Waals surface area contributed by atoms with Crippen LogP contribution < -0.4 is 4.72 Å². The standard InChI is InChI=1S/C11H25BN2O5S/c1-6-7-14(9(2)12(16)17)10(15)8-13-20(18,19)11(3,4)5/h9,13,16-17H,6-8H2,1-5H3. The Bertz CT molecular complexity index is 419. The topological polar surface area (TPSA) is 107 Å². The van der Waals surface area contributed by atoms with Gasteiger partial charge in [0.05, 0.1) is 17.2 Å². The first kappa shape index (κ1) is 19.4. The van der Waals surface area contributed by atoms with Crippen molar-refractivity contribution in [2.24, 2.45) is 0 Å². The molecule has 118 valence electrons. The monoisotopic (exact) mass is 308 g/mol. The second-order valence-electron chi connectivity index (χ2n) is 5.68. The molecule has 0 aliphatic carbocycles.